The summed E-state index contributed by atoms with van der Waals surface area (Å²) < 4.78 is 45.1. The summed E-state index contributed by atoms with van der Waals surface area (Å²) in [5.74, 6) is -0.284. The lowest BCUT2D eigenvalue weighted by atomic mass is 10.1. The third-order valence-corrected chi connectivity index (χ3v) is 4.68. The summed E-state index contributed by atoms with van der Waals surface area (Å²) >= 11 is 0. The monoisotopic (exact) mass is 426 g/mol. The molecule has 0 fully saturated rings. The summed E-state index contributed by atoms with van der Waals surface area (Å²) in [5, 5.41) is 2.96. The number of hydrogen-bond donors (Lipinski definition) is 1. The number of methoxy groups -OCH3 is 1. The lowest BCUT2D eigenvalue weighted by Gasteiger charge is -2.12. The van der Waals surface area contributed by atoms with Crippen molar-refractivity contribution in [1.82, 2.24) is 14.4 Å². The number of pyridine rings is 2. The third-order valence-electron chi connectivity index (χ3n) is 4.68. The normalized spacial score (nSPS) is 11.5. The van der Waals surface area contributed by atoms with Gasteiger partial charge in [0.1, 0.15) is 11.5 Å². The Morgan fingerprint density at radius 3 is 2.48 bits per heavy atom. The Bertz CT molecular complexity index is 1260. The molecule has 0 atom stereocenters. The summed E-state index contributed by atoms with van der Waals surface area (Å²) in [4.78, 5) is 21.3. The summed E-state index contributed by atoms with van der Waals surface area (Å²) in [6.07, 6.45) is -2.59. The molecular weight excluding hydrogens is 409 g/mol. The molecule has 4 rings (SSSR count). The highest BCUT2D eigenvalue weighted by molar-refractivity contribution is 5.92. The van der Waals surface area contributed by atoms with Crippen LogP contribution in [0.2, 0.25) is 0 Å². The van der Waals surface area contributed by atoms with Crippen molar-refractivity contribution in [2.75, 3.05) is 12.4 Å². The minimum absolute atomic E-state index is 0.243. The summed E-state index contributed by atoms with van der Waals surface area (Å²) in [5.41, 5.74) is 2.47. The number of aromatic nitrogens is 3. The number of halogens is 3. The van der Waals surface area contributed by atoms with E-state index in [1.165, 1.54) is 25.3 Å². The molecule has 6 nitrogen and oxygen atoms in total. The van der Waals surface area contributed by atoms with Crippen LogP contribution in [0.3, 0.4) is 0 Å². The van der Waals surface area contributed by atoms with Crippen LogP contribution in [0.5, 0.6) is 0 Å². The third kappa shape index (κ3) is 4.07. The zero-order valence-corrected chi connectivity index (χ0v) is 16.6. The maximum absolute atomic E-state index is 12.8. The first kappa shape index (κ1) is 20.4. The fraction of sp³-hybridized carbons (Fsp3) is 0.136. The van der Waals surface area contributed by atoms with Crippen LogP contribution in [-0.2, 0) is 10.9 Å². The van der Waals surface area contributed by atoms with Crippen molar-refractivity contribution in [2.24, 2.45) is 0 Å². The molecule has 1 aromatic carbocycles. The zero-order valence-electron chi connectivity index (χ0n) is 16.6. The van der Waals surface area contributed by atoms with E-state index in [0.29, 0.717) is 22.8 Å². The highest BCUT2D eigenvalue weighted by Gasteiger charge is 2.30. The number of carbonyl (C=O) groups excluding carboxylic acids is 1. The molecule has 31 heavy (non-hydrogen) atoms. The van der Waals surface area contributed by atoms with Crippen LogP contribution in [-0.4, -0.2) is 27.4 Å². The second-order valence-corrected chi connectivity index (χ2v) is 6.79. The number of nitrogens with zero attached hydrogens (tertiary/aromatic N) is 3. The fourth-order valence-electron chi connectivity index (χ4n) is 3.26. The van der Waals surface area contributed by atoms with E-state index in [9.17, 15) is 18.0 Å². The van der Waals surface area contributed by atoms with Crippen molar-refractivity contribution in [3.05, 3.63) is 77.6 Å². The van der Waals surface area contributed by atoms with E-state index in [1.807, 2.05) is 35.7 Å². The number of carbonyl (C=O) groups is 1. The van der Waals surface area contributed by atoms with E-state index < -0.39 is 17.7 Å². The van der Waals surface area contributed by atoms with Gasteiger partial charge in [-0.25, -0.2) is 14.8 Å². The molecule has 0 aliphatic heterocycles. The highest BCUT2D eigenvalue weighted by Crippen LogP contribution is 2.31. The van der Waals surface area contributed by atoms with Crippen LogP contribution in [0, 0.1) is 6.92 Å². The lowest BCUT2D eigenvalue weighted by molar-refractivity contribution is -0.137. The molecule has 0 aliphatic rings. The number of anilines is 2. The molecule has 0 saturated carbocycles. The van der Waals surface area contributed by atoms with Crippen LogP contribution in [0.15, 0.2) is 60.8 Å². The Morgan fingerprint density at radius 2 is 1.81 bits per heavy atom. The highest BCUT2D eigenvalue weighted by atomic mass is 19.4. The van der Waals surface area contributed by atoms with Gasteiger partial charge in [-0.15, -0.1) is 0 Å². The van der Waals surface area contributed by atoms with Crippen molar-refractivity contribution in [2.45, 2.75) is 13.1 Å². The Balaban J connectivity index is 1.78. The lowest BCUT2D eigenvalue weighted by Crippen LogP contribution is -2.06. The largest absolute Gasteiger partial charge is 0.465 e. The predicted octanol–water partition coefficient (Wildman–Crippen LogP) is 5.25. The number of benzene rings is 1. The van der Waals surface area contributed by atoms with Crippen molar-refractivity contribution in [3.63, 3.8) is 0 Å². The van der Waals surface area contributed by atoms with E-state index in [0.717, 1.165) is 17.8 Å². The minimum atomic E-state index is -4.42. The van der Waals surface area contributed by atoms with Crippen molar-refractivity contribution < 1.29 is 22.7 Å². The molecule has 4 aromatic rings. The summed E-state index contributed by atoms with van der Waals surface area (Å²) in [6.45, 7) is 1.83. The number of alkyl halides is 3. The van der Waals surface area contributed by atoms with Gasteiger partial charge in [-0.05, 0) is 55.5 Å². The first-order valence-corrected chi connectivity index (χ1v) is 9.25. The van der Waals surface area contributed by atoms with Gasteiger partial charge in [-0.2, -0.15) is 13.2 Å². The number of imidazole rings is 1. The van der Waals surface area contributed by atoms with Gasteiger partial charge in [0.05, 0.1) is 35.3 Å². The topological polar surface area (TPSA) is 68.5 Å². The molecule has 0 radical (unpaired) electrons. The Hall–Kier alpha value is -3.88. The van der Waals surface area contributed by atoms with E-state index in [1.54, 1.807) is 6.07 Å². The first-order chi connectivity index (χ1) is 14.8. The second kappa shape index (κ2) is 7.75. The molecule has 3 aromatic heterocycles. The van der Waals surface area contributed by atoms with Gasteiger partial charge >= 0.3 is 12.1 Å². The number of esters is 1. The Labute approximate surface area is 175 Å². The quantitative estimate of drug-likeness (QED) is 0.451. The molecule has 9 heteroatoms. The molecule has 3 heterocycles. The number of fused-ring (bicyclic) bond motifs is 1. The molecule has 0 amide bonds. The smallest absolute Gasteiger partial charge is 0.416 e. The predicted molar refractivity (Wildman–Crippen MR) is 109 cm³/mol. The molecule has 1 N–H and O–H groups in total. The van der Waals surface area contributed by atoms with Crippen molar-refractivity contribution >= 4 is 23.1 Å². The SMILES string of the molecule is COC(=O)c1cc(Nc2ccc(C(F)(F)F)cc2)nc(-c2c(C)nc3ccccn23)c1. The maximum Gasteiger partial charge on any atom is 0.416 e. The number of ether oxygens (including phenoxy) is 1. The van der Waals surface area contributed by atoms with Crippen molar-refractivity contribution in [3.8, 4) is 11.4 Å². The average Bonchev–Trinajstić information content (AvgIpc) is 3.08. The molecule has 0 bridgehead atoms. The first-order valence-electron chi connectivity index (χ1n) is 9.25. The van der Waals surface area contributed by atoms with Gasteiger partial charge < -0.3 is 10.1 Å². The van der Waals surface area contributed by atoms with Crippen LogP contribution in [0.4, 0.5) is 24.7 Å². The van der Waals surface area contributed by atoms with E-state index in [-0.39, 0.29) is 11.4 Å². The molecule has 0 spiro atoms. The van der Waals surface area contributed by atoms with Gasteiger partial charge in [0.25, 0.3) is 0 Å². The maximum atomic E-state index is 12.8. The standard InChI is InChI=1S/C22H17F3N4O2/c1-13-20(29-10-4-3-5-19(29)26-13)17-11-14(21(30)31-2)12-18(28-17)27-16-8-6-15(7-9-16)22(23,24)25/h3-12H,1-2H3,(H,27,28). The minimum Gasteiger partial charge on any atom is -0.465 e. The molecule has 0 aliphatic carbocycles. The molecule has 0 saturated heterocycles. The van der Waals surface area contributed by atoms with Gasteiger partial charge in [-0.1, -0.05) is 6.07 Å². The van der Waals surface area contributed by atoms with E-state index in [4.69, 9.17) is 4.74 Å². The van der Waals surface area contributed by atoms with Crippen LogP contribution in [0.25, 0.3) is 17.0 Å². The van der Waals surface area contributed by atoms with Crippen LogP contribution < -0.4 is 5.32 Å². The van der Waals surface area contributed by atoms with Crippen LogP contribution >= 0.6 is 0 Å². The number of rotatable bonds is 4. The Morgan fingerprint density at radius 1 is 1.06 bits per heavy atom. The summed E-state index contributed by atoms with van der Waals surface area (Å²) in [6, 6.07) is 13.2. The van der Waals surface area contributed by atoms with E-state index in [2.05, 4.69) is 15.3 Å². The molecular formula is C22H17F3N4O2. The zero-order chi connectivity index (χ0) is 22.2. The van der Waals surface area contributed by atoms with Crippen LogP contribution in [0.1, 0.15) is 21.6 Å². The summed E-state index contributed by atoms with van der Waals surface area (Å²) in [7, 11) is 1.27. The van der Waals surface area contributed by atoms with Gasteiger partial charge in [0, 0.05) is 11.9 Å². The number of aryl methyl sites for hydroxylation is 1. The number of nitrogens with one attached hydrogen (secondary N) is 1. The van der Waals surface area contributed by atoms with Gasteiger partial charge in [0.2, 0.25) is 0 Å². The van der Waals surface area contributed by atoms with Crippen molar-refractivity contribution in [1.29, 1.82) is 0 Å². The Kier molecular flexibility index (Phi) is 5.10. The molecule has 0 unspecified atom stereocenters. The van der Waals surface area contributed by atoms with E-state index >= 15 is 0 Å². The average molecular weight is 426 g/mol. The van der Waals surface area contributed by atoms with Gasteiger partial charge in [-0.3, -0.25) is 4.40 Å². The fourth-order valence-corrected chi connectivity index (χ4v) is 3.26. The number of hydrogen-bond acceptors (Lipinski definition) is 5. The second-order valence-electron chi connectivity index (χ2n) is 6.79. The van der Waals surface area contributed by atoms with Gasteiger partial charge in [0.15, 0.2) is 0 Å². The molecule has 158 valence electrons.